The van der Waals surface area contributed by atoms with E-state index in [4.69, 9.17) is 11.1 Å². The molecule has 0 unspecified atom stereocenters. The molecule has 0 spiro atoms. The van der Waals surface area contributed by atoms with Crippen LogP contribution < -0.4 is 22.1 Å². The molecule has 4 N–H and O–H groups in total. The third kappa shape index (κ3) is 1.65. The number of anilines is 1. The average Bonchev–Trinajstić information content (AvgIpc) is 2.74. The number of nitrogens with one attached hydrogen (secondary N) is 2. The fourth-order valence-electron chi connectivity index (χ4n) is 1.89. The van der Waals surface area contributed by atoms with Crippen LogP contribution in [0.5, 0.6) is 0 Å². The molecular weight excluding hydrogens is 232 g/mol. The van der Waals surface area contributed by atoms with Crippen LogP contribution >= 0.6 is 0 Å². The fourth-order valence-corrected chi connectivity index (χ4v) is 1.89. The Morgan fingerprint density at radius 2 is 2.00 bits per heavy atom. The second kappa shape index (κ2) is 3.73. The van der Waals surface area contributed by atoms with Crippen molar-refractivity contribution in [3.63, 3.8) is 0 Å². The number of fused-ring (bicyclic) bond motifs is 1. The Balaban J connectivity index is 2.05. The molecule has 2 heterocycles. The molecule has 0 radical (unpaired) electrons. The number of H-pyrrole nitrogens is 1. The van der Waals surface area contributed by atoms with Crippen molar-refractivity contribution in [1.82, 2.24) is 9.97 Å². The summed E-state index contributed by atoms with van der Waals surface area (Å²) in [5, 5.41) is 7.64. The monoisotopic (exact) mass is 242 g/mol. The first-order valence-corrected chi connectivity index (χ1v) is 5.40. The van der Waals surface area contributed by atoms with Crippen LogP contribution in [0.4, 0.5) is 5.95 Å². The zero-order chi connectivity index (χ0) is 12.7. The summed E-state index contributed by atoms with van der Waals surface area (Å²) >= 11 is 0. The van der Waals surface area contributed by atoms with Crippen LogP contribution in [-0.4, -0.2) is 21.8 Å². The SMILES string of the molecule is N=C1C=CC([C@@H]2N=c3nc(N)[nH]c(=O)c3=N2)C=C1. The van der Waals surface area contributed by atoms with Crippen LogP contribution in [-0.2, 0) is 0 Å². The van der Waals surface area contributed by atoms with E-state index in [2.05, 4.69) is 20.0 Å². The summed E-state index contributed by atoms with van der Waals surface area (Å²) in [6, 6.07) is 0. The van der Waals surface area contributed by atoms with E-state index >= 15 is 0 Å². The average molecular weight is 242 g/mol. The van der Waals surface area contributed by atoms with Gasteiger partial charge in [0.25, 0.3) is 5.56 Å². The minimum atomic E-state index is -0.406. The molecular formula is C11H10N6O. The third-order valence-corrected chi connectivity index (χ3v) is 2.75. The topological polar surface area (TPSA) is 120 Å². The van der Waals surface area contributed by atoms with Crippen molar-refractivity contribution in [2.45, 2.75) is 6.17 Å². The molecule has 3 rings (SSSR count). The Morgan fingerprint density at radius 1 is 1.28 bits per heavy atom. The summed E-state index contributed by atoms with van der Waals surface area (Å²) in [6.07, 6.45) is 6.64. The first-order chi connectivity index (χ1) is 8.63. The molecule has 1 aromatic rings. The highest BCUT2D eigenvalue weighted by Crippen LogP contribution is 2.16. The molecule has 0 aromatic carbocycles. The summed E-state index contributed by atoms with van der Waals surface area (Å²) in [6.45, 7) is 0. The molecule has 0 saturated carbocycles. The number of allylic oxidation sites excluding steroid dienone is 2. The smallest absolute Gasteiger partial charge is 0.280 e. The normalized spacial score (nSPS) is 24.6. The predicted octanol–water partition coefficient (Wildman–Crippen LogP) is -1.31. The summed E-state index contributed by atoms with van der Waals surface area (Å²) in [5.41, 5.74) is 5.79. The molecule has 1 aliphatic carbocycles. The van der Waals surface area contributed by atoms with E-state index in [0.29, 0.717) is 5.71 Å². The Morgan fingerprint density at radius 3 is 2.72 bits per heavy atom. The van der Waals surface area contributed by atoms with Gasteiger partial charge in [0, 0.05) is 5.92 Å². The maximum atomic E-state index is 11.6. The van der Waals surface area contributed by atoms with Crippen molar-refractivity contribution in [3.8, 4) is 0 Å². The highest BCUT2D eigenvalue weighted by molar-refractivity contribution is 6.02. The van der Waals surface area contributed by atoms with Crippen molar-refractivity contribution < 1.29 is 0 Å². The summed E-state index contributed by atoms with van der Waals surface area (Å²) in [5.74, 6) is -0.0243. The molecule has 0 amide bonds. The molecule has 1 aromatic heterocycles. The Bertz CT molecular complexity index is 741. The molecule has 90 valence electrons. The predicted molar refractivity (Wildman–Crippen MR) is 64.9 cm³/mol. The van der Waals surface area contributed by atoms with E-state index in [1.165, 1.54) is 0 Å². The largest absolute Gasteiger partial charge is 0.369 e. The standard InChI is InChI=1S/C11H10N6O/c12-6-3-1-5(2-4-6)8-14-7-9(15-8)16-11(13)17-10(7)18/h1-5,8,12H,(H3,13,15,16,17,18)/t5?,8-/m0/s1. The minimum Gasteiger partial charge on any atom is -0.369 e. The molecule has 0 fully saturated rings. The summed E-state index contributed by atoms with van der Waals surface area (Å²) in [4.78, 5) is 26.5. The van der Waals surface area contributed by atoms with Crippen LogP contribution in [0, 0.1) is 11.3 Å². The number of hydrogen-bond donors (Lipinski definition) is 3. The van der Waals surface area contributed by atoms with Gasteiger partial charge in [0.15, 0.2) is 17.0 Å². The zero-order valence-electron chi connectivity index (χ0n) is 9.29. The number of aromatic amines is 1. The number of nitrogens with two attached hydrogens (primary N) is 1. The molecule has 1 atom stereocenters. The van der Waals surface area contributed by atoms with Crippen molar-refractivity contribution in [2.24, 2.45) is 15.9 Å². The van der Waals surface area contributed by atoms with Gasteiger partial charge in [0.05, 0.1) is 5.71 Å². The Labute approximate surface area is 101 Å². The Kier molecular flexibility index (Phi) is 2.19. The van der Waals surface area contributed by atoms with Crippen molar-refractivity contribution >= 4 is 11.7 Å². The number of rotatable bonds is 1. The fraction of sp³-hybridized carbons (Fsp3) is 0.182. The second-order valence-corrected chi connectivity index (χ2v) is 4.05. The maximum absolute atomic E-state index is 11.6. The zero-order valence-corrected chi connectivity index (χ0v) is 9.29. The van der Waals surface area contributed by atoms with E-state index in [0.717, 1.165) is 0 Å². The van der Waals surface area contributed by atoms with Crippen molar-refractivity contribution in [2.75, 3.05) is 5.73 Å². The van der Waals surface area contributed by atoms with Gasteiger partial charge >= 0.3 is 0 Å². The summed E-state index contributed by atoms with van der Waals surface area (Å²) < 4.78 is 0. The highest BCUT2D eigenvalue weighted by atomic mass is 16.1. The highest BCUT2D eigenvalue weighted by Gasteiger charge is 2.21. The third-order valence-electron chi connectivity index (χ3n) is 2.75. The molecule has 1 aliphatic heterocycles. The Hall–Kier alpha value is -2.57. The van der Waals surface area contributed by atoms with Gasteiger partial charge in [-0.1, -0.05) is 12.2 Å². The lowest BCUT2D eigenvalue weighted by Crippen LogP contribution is -2.41. The lowest BCUT2D eigenvalue weighted by atomic mass is 10.00. The van der Waals surface area contributed by atoms with E-state index in [1.54, 1.807) is 12.2 Å². The molecule has 0 bridgehead atoms. The van der Waals surface area contributed by atoms with Gasteiger partial charge < -0.3 is 11.1 Å². The van der Waals surface area contributed by atoms with Gasteiger partial charge in [-0.05, 0) is 12.2 Å². The first-order valence-electron chi connectivity index (χ1n) is 5.40. The van der Waals surface area contributed by atoms with Crippen LogP contribution in [0.2, 0.25) is 0 Å². The van der Waals surface area contributed by atoms with Gasteiger partial charge in [0.1, 0.15) is 0 Å². The van der Waals surface area contributed by atoms with E-state index < -0.39 is 6.17 Å². The second-order valence-electron chi connectivity index (χ2n) is 4.05. The number of nitrogens with zero attached hydrogens (tertiary/aromatic N) is 3. The van der Waals surface area contributed by atoms with Crippen molar-refractivity contribution in [3.05, 3.63) is 45.5 Å². The minimum absolute atomic E-state index is 0.0369. The van der Waals surface area contributed by atoms with E-state index in [1.807, 2.05) is 12.2 Å². The maximum Gasteiger partial charge on any atom is 0.280 e. The van der Waals surface area contributed by atoms with E-state index in [9.17, 15) is 4.79 Å². The van der Waals surface area contributed by atoms with Crippen LogP contribution in [0.25, 0.3) is 0 Å². The molecule has 7 heteroatoms. The lowest BCUT2D eigenvalue weighted by molar-refractivity contribution is 0.605. The van der Waals surface area contributed by atoms with Gasteiger partial charge in [0.2, 0.25) is 5.95 Å². The lowest BCUT2D eigenvalue weighted by Gasteiger charge is -2.13. The van der Waals surface area contributed by atoms with Gasteiger partial charge in [-0.2, -0.15) is 4.98 Å². The molecule has 2 aliphatic rings. The van der Waals surface area contributed by atoms with Crippen LogP contribution in [0.15, 0.2) is 39.1 Å². The van der Waals surface area contributed by atoms with Gasteiger partial charge in [-0.3, -0.25) is 9.78 Å². The molecule has 7 nitrogen and oxygen atoms in total. The van der Waals surface area contributed by atoms with Crippen LogP contribution in [0.3, 0.4) is 0 Å². The summed E-state index contributed by atoms with van der Waals surface area (Å²) in [7, 11) is 0. The van der Waals surface area contributed by atoms with Gasteiger partial charge in [-0.25, -0.2) is 9.98 Å². The number of hydrogen-bond acceptors (Lipinski definition) is 6. The first kappa shape index (κ1) is 10.6. The number of aromatic nitrogens is 2. The number of nitrogen functional groups attached to an aromatic ring is 1. The van der Waals surface area contributed by atoms with Crippen molar-refractivity contribution in [1.29, 1.82) is 5.41 Å². The van der Waals surface area contributed by atoms with Crippen LogP contribution in [0.1, 0.15) is 0 Å². The van der Waals surface area contributed by atoms with E-state index in [-0.39, 0.29) is 28.3 Å². The molecule has 0 saturated heterocycles. The quantitative estimate of drug-likeness (QED) is 0.567. The van der Waals surface area contributed by atoms with Gasteiger partial charge in [-0.15, -0.1) is 0 Å². The molecule has 18 heavy (non-hydrogen) atoms.